The summed E-state index contributed by atoms with van der Waals surface area (Å²) in [6.07, 6.45) is 3.76. The summed E-state index contributed by atoms with van der Waals surface area (Å²) in [5.41, 5.74) is 0. The van der Waals surface area contributed by atoms with Gasteiger partial charge in [0.25, 0.3) is 0 Å². The molecule has 0 radical (unpaired) electrons. The third-order valence-electron chi connectivity index (χ3n) is 1.23. The SMILES string of the molecule is CCCCCNC[PH](=O)O. The molecule has 0 bridgehead atoms. The minimum absolute atomic E-state index is 0.272. The molecule has 0 saturated carbocycles. The van der Waals surface area contributed by atoms with Gasteiger partial charge in [0.2, 0.25) is 8.03 Å². The second-order valence-electron chi connectivity index (χ2n) is 2.28. The molecule has 0 spiro atoms. The lowest BCUT2D eigenvalue weighted by Crippen LogP contribution is -2.13. The third-order valence-corrected chi connectivity index (χ3v) is 1.79. The van der Waals surface area contributed by atoms with Crippen molar-refractivity contribution in [1.82, 2.24) is 5.32 Å². The minimum Gasteiger partial charge on any atom is -0.345 e. The lowest BCUT2D eigenvalue weighted by molar-refractivity contribution is 0.495. The summed E-state index contributed by atoms with van der Waals surface area (Å²) >= 11 is 0. The van der Waals surface area contributed by atoms with Gasteiger partial charge in [0.05, 0.1) is 6.29 Å². The van der Waals surface area contributed by atoms with Crippen molar-refractivity contribution in [3.8, 4) is 0 Å². The van der Waals surface area contributed by atoms with Gasteiger partial charge in [0.1, 0.15) is 0 Å². The van der Waals surface area contributed by atoms with Gasteiger partial charge in [-0.2, -0.15) is 0 Å². The van der Waals surface area contributed by atoms with Crippen molar-refractivity contribution in [3.05, 3.63) is 0 Å². The molecule has 1 atom stereocenters. The lowest BCUT2D eigenvalue weighted by atomic mass is 10.2. The number of hydrogen-bond donors (Lipinski definition) is 2. The Morgan fingerprint density at radius 3 is 2.70 bits per heavy atom. The molecule has 10 heavy (non-hydrogen) atoms. The first-order chi connectivity index (χ1) is 4.77. The van der Waals surface area contributed by atoms with E-state index in [4.69, 9.17) is 4.89 Å². The number of rotatable bonds is 6. The van der Waals surface area contributed by atoms with Gasteiger partial charge in [-0.25, -0.2) is 0 Å². The quantitative estimate of drug-likeness (QED) is 0.459. The highest BCUT2D eigenvalue weighted by atomic mass is 31.1. The van der Waals surface area contributed by atoms with Crippen molar-refractivity contribution in [2.75, 3.05) is 12.8 Å². The van der Waals surface area contributed by atoms with Gasteiger partial charge in [-0.1, -0.05) is 19.8 Å². The van der Waals surface area contributed by atoms with Gasteiger partial charge in [0, 0.05) is 0 Å². The van der Waals surface area contributed by atoms with Gasteiger partial charge in [-0.05, 0) is 13.0 Å². The minimum atomic E-state index is -2.28. The maximum absolute atomic E-state index is 10.2. The monoisotopic (exact) mass is 165 g/mol. The van der Waals surface area contributed by atoms with E-state index in [1.807, 2.05) is 0 Å². The maximum Gasteiger partial charge on any atom is 0.202 e. The number of hydrogen-bond acceptors (Lipinski definition) is 2. The molecule has 0 rings (SSSR count). The standard InChI is InChI=1S/C6H16NO2P/c1-2-3-4-5-7-6-10(8)9/h7,10H,2-6H2,1H3,(H,8,9). The van der Waals surface area contributed by atoms with E-state index in [2.05, 4.69) is 12.2 Å². The van der Waals surface area contributed by atoms with Crippen molar-refractivity contribution >= 4 is 8.03 Å². The van der Waals surface area contributed by atoms with Crippen LogP contribution in [0.15, 0.2) is 0 Å². The van der Waals surface area contributed by atoms with Crippen molar-refractivity contribution in [3.63, 3.8) is 0 Å². The highest BCUT2D eigenvalue weighted by molar-refractivity contribution is 7.37. The van der Waals surface area contributed by atoms with Crippen LogP contribution in [0.2, 0.25) is 0 Å². The van der Waals surface area contributed by atoms with Gasteiger partial charge in [0.15, 0.2) is 0 Å². The molecular weight excluding hydrogens is 149 g/mol. The van der Waals surface area contributed by atoms with Crippen LogP contribution in [0.25, 0.3) is 0 Å². The Labute approximate surface area is 62.7 Å². The van der Waals surface area contributed by atoms with Crippen LogP contribution in [0.5, 0.6) is 0 Å². The molecule has 0 amide bonds. The van der Waals surface area contributed by atoms with Crippen molar-refractivity contribution in [2.24, 2.45) is 0 Å². The summed E-state index contributed by atoms with van der Waals surface area (Å²) in [5, 5.41) is 2.90. The first-order valence-electron chi connectivity index (χ1n) is 3.70. The molecule has 0 fully saturated rings. The summed E-state index contributed by atoms with van der Waals surface area (Å²) in [7, 11) is -2.28. The Morgan fingerprint density at radius 2 is 2.20 bits per heavy atom. The van der Waals surface area contributed by atoms with E-state index < -0.39 is 8.03 Å². The molecule has 0 aliphatic rings. The molecule has 0 aromatic heterocycles. The molecule has 0 aliphatic carbocycles. The van der Waals surface area contributed by atoms with E-state index in [0.29, 0.717) is 0 Å². The van der Waals surface area contributed by atoms with Crippen molar-refractivity contribution in [1.29, 1.82) is 0 Å². The van der Waals surface area contributed by atoms with E-state index >= 15 is 0 Å². The molecule has 0 saturated heterocycles. The molecular formula is C6H16NO2P. The molecule has 0 heterocycles. The lowest BCUT2D eigenvalue weighted by Gasteiger charge is -1.99. The Morgan fingerprint density at radius 1 is 1.50 bits per heavy atom. The predicted molar refractivity (Wildman–Crippen MR) is 43.6 cm³/mol. The summed E-state index contributed by atoms with van der Waals surface area (Å²) in [4.78, 5) is 8.39. The van der Waals surface area contributed by atoms with Crippen LogP contribution in [-0.2, 0) is 4.57 Å². The van der Waals surface area contributed by atoms with Crippen LogP contribution in [-0.4, -0.2) is 17.7 Å². The molecule has 1 unspecified atom stereocenters. The molecule has 62 valence electrons. The van der Waals surface area contributed by atoms with Gasteiger partial charge < -0.3 is 10.2 Å². The normalized spacial score (nSPS) is 13.4. The predicted octanol–water partition coefficient (Wildman–Crippen LogP) is 1.19. The fraction of sp³-hybridized carbons (Fsp3) is 1.00. The Hall–Kier alpha value is 0.150. The van der Waals surface area contributed by atoms with Crippen molar-refractivity contribution < 1.29 is 9.46 Å². The van der Waals surface area contributed by atoms with Gasteiger partial charge >= 0.3 is 0 Å². The van der Waals surface area contributed by atoms with Crippen LogP contribution in [0.1, 0.15) is 26.2 Å². The first kappa shape index (κ1) is 10.2. The van der Waals surface area contributed by atoms with Gasteiger partial charge in [-0.15, -0.1) is 0 Å². The van der Waals surface area contributed by atoms with Crippen LogP contribution in [0, 0.1) is 0 Å². The van der Waals surface area contributed by atoms with Crippen LogP contribution >= 0.6 is 8.03 Å². The van der Waals surface area contributed by atoms with Crippen LogP contribution in [0.4, 0.5) is 0 Å². The summed E-state index contributed by atoms with van der Waals surface area (Å²) in [6.45, 7) is 3.00. The average Bonchev–Trinajstić information content (AvgIpc) is 1.87. The van der Waals surface area contributed by atoms with E-state index in [1.54, 1.807) is 0 Å². The smallest absolute Gasteiger partial charge is 0.202 e. The number of nitrogens with one attached hydrogen (secondary N) is 1. The maximum atomic E-state index is 10.2. The van der Waals surface area contributed by atoms with E-state index in [1.165, 1.54) is 12.8 Å². The Balaban J connectivity index is 2.84. The third kappa shape index (κ3) is 8.15. The fourth-order valence-corrected chi connectivity index (χ4v) is 1.09. The topological polar surface area (TPSA) is 49.3 Å². The molecule has 0 aromatic rings. The zero-order valence-corrected chi connectivity index (χ0v) is 7.39. The van der Waals surface area contributed by atoms with E-state index in [0.717, 1.165) is 13.0 Å². The highest BCUT2D eigenvalue weighted by Gasteiger charge is 1.90. The molecule has 3 nitrogen and oxygen atoms in total. The van der Waals surface area contributed by atoms with E-state index in [-0.39, 0.29) is 6.29 Å². The zero-order chi connectivity index (χ0) is 7.82. The first-order valence-corrected chi connectivity index (χ1v) is 5.26. The van der Waals surface area contributed by atoms with Crippen molar-refractivity contribution in [2.45, 2.75) is 26.2 Å². The summed E-state index contributed by atoms with van der Waals surface area (Å²) in [5.74, 6) is 0. The molecule has 2 N–H and O–H groups in total. The molecule has 0 aliphatic heterocycles. The van der Waals surface area contributed by atoms with Gasteiger partial charge in [-0.3, -0.25) is 4.57 Å². The number of unbranched alkanes of at least 4 members (excludes halogenated alkanes) is 2. The molecule has 0 aromatic carbocycles. The zero-order valence-electron chi connectivity index (χ0n) is 6.39. The average molecular weight is 165 g/mol. The second-order valence-corrected chi connectivity index (χ2v) is 3.42. The Kier molecular flexibility index (Phi) is 7.37. The van der Waals surface area contributed by atoms with Crippen LogP contribution in [0.3, 0.4) is 0 Å². The van der Waals surface area contributed by atoms with E-state index in [9.17, 15) is 4.57 Å². The Bertz CT molecular complexity index is 97.7. The molecule has 4 heteroatoms. The summed E-state index contributed by atoms with van der Waals surface area (Å²) < 4.78 is 10.2. The highest BCUT2D eigenvalue weighted by Crippen LogP contribution is 2.08. The van der Waals surface area contributed by atoms with Crippen LogP contribution < -0.4 is 5.32 Å². The summed E-state index contributed by atoms with van der Waals surface area (Å²) in [6, 6.07) is 0. The largest absolute Gasteiger partial charge is 0.345 e. The fourth-order valence-electron chi connectivity index (χ4n) is 0.695. The second kappa shape index (κ2) is 7.26.